The summed E-state index contributed by atoms with van der Waals surface area (Å²) in [6, 6.07) is 11.3. The summed E-state index contributed by atoms with van der Waals surface area (Å²) >= 11 is 14.9. The number of fused-ring (bicyclic) bond motifs is 1. The van der Waals surface area contributed by atoms with E-state index in [4.69, 9.17) is 23.2 Å². The Hall–Kier alpha value is -1.90. The molecule has 3 aromatic rings. The number of aromatic nitrogens is 1. The fourth-order valence-electron chi connectivity index (χ4n) is 2.65. The van der Waals surface area contributed by atoms with E-state index in [1.165, 1.54) is 35.2 Å². The Morgan fingerprint density at radius 1 is 1.14 bits per heavy atom. The van der Waals surface area contributed by atoms with Crippen LogP contribution in [0.5, 0.6) is 0 Å². The lowest BCUT2D eigenvalue weighted by atomic mass is 10.1. The molecule has 0 radical (unpaired) electrons. The third-order valence-corrected chi connectivity index (χ3v) is 6.60. The number of non-ortho nitro benzene ring substituents is 1. The summed E-state index contributed by atoms with van der Waals surface area (Å²) in [5, 5.41) is 13.8. The standard InChI is InChI=1S/C18H9Cl2N2O3S2.ClH/c19-12-5-4-10(14(20)8-12)7-16-17(23)21-15(9-26-18(21)27-16)11-2-1-3-13(6-11)22(24)25;/h1-9H;1H/q+1;/p-1/b16-7+;. The molecule has 0 fully saturated rings. The minimum absolute atomic E-state index is 0. The first kappa shape index (κ1) is 20.8. The molecule has 28 heavy (non-hydrogen) atoms. The number of nitrogens with zero attached hydrogens (tertiary/aromatic N) is 2. The monoisotopic (exact) mass is 470 g/mol. The Balaban J connectivity index is 0.00000225. The van der Waals surface area contributed by atoms with Crippen molar-refractivity contribution in [3.05, 3.63) is 78.5 Å². The minimum atomic E-state index is -0.453. The van der Waals surface area contributed by atoms with E-state index in [9.17, 15) is 14.9 Å². The van der Waals surface area contributed by atoms with Crippen molar-refractivity contribution in [2.45, 2.75) is 4.34 Å². The Morgan fingerprint density at radius 2 is 1.93 bits per heavy atom. The van der Waals surface area contributed by atoms with Gasteiger partial charge in [-0.15, -0.1) is 4.57 Å². The van der Waals surface area contributed by atoms with Crippen LogP contribution in [0, 0.1) is 10.1 Å². The van der Waals surface area contributed by atoms with Gasteiger partial charge in [0, 0.05) is 33.9 Å². The molecule has 0 aliphatic carbocycles. The first-order valence-electron chi connectivity index (χ1n) is 7.62. The van der Waals surface area contributed by atoms with E-state index in [0.717, 1.165) is 4.34 Å². The number of thioether (sulfide) groups is 1. The number of benzene rings is 2. The van der Waals surface area contributed by atoms with E-state index >= 15 is 0 Å². The zero-order valence-electron chi connectivity index (χ0n) is 13.8. The van der Waals surface area contributed by atoms with E-state index in [1.807, 2.05) is 5.38 Å². The van der Waals surface area contributed by atoms with E-state index in [1.54, 1.807) is 41.0 Å². The van der Waals surface area contributed by atoms with Gasteiger partial charge < -0.3 is 12.4 Å². The second-order valence-electron chi connectivity index (χ2n) is 5.61. The Morgan fingerprint density at radius 3 is 2.64 bits per heavy atom. The number of rotatable bonds is 3. The second-order valence-corrected chi connectivity index (χ2v) is 8.60. The van der Waals surface area contributed by atoms with Crippen molar-refractivity contribution in [1.82, 2.24) is 0 Å². The van der Waals surface area contributed by atoms with Gasteiger partial charge in [-0.2, -0.15) is 0 Å². The second kappa shape index (κ2) is 8.23. The molecule has 2 aromatic carbocycles. The number of allylic oxidation sites excluding steroid dienone is 1. The average Bonchev–Trinajstić information content (AvgIpc) is 3.18. The van der Waals surface area contributed by atoms with Crippen LogP contribution in [0.1, 0.15) is 10.4 Å². The lowest BCUT2D eigenvalue weighted by molar-refractivity contribution is -0.588. The highest BCUT2D eigenvalue weighted by Crippen LogP contribution is 2.39. The Kier molecular flexibility index (Phi) is 6.12. The molecule has 0 saturated heterocycles. The summed E-state index contributed by atoms with van der Waals surface area (Å²) in [5.41, 5.74) is 1.92. The van der Waals surface area contributed by atoms with Crippen LogP contribution in [0.4, 0.5) is 5.69 Å². The molecule has 2 heterocycles. The van der Waals surface area contributed by atoms with Crippen LogP contribution >= 0.6 is 46.3 Å². The zero-order valence-corrected chi connectivity index (χ0v) is 17.7. The third kappa shape index (κ3) is 3.81. The lowest BCUT2D eigenvalue weighted by Crippen LogP contribution is -3.00. The number of hydrogen-bond donors (Lipinski definition) is 0. The molecule has 1 aliphatic rings. The number of halogens is 3. The van der Waals surface area contributed by atoms with Crippen LogP contribution in [0.15, 0.2) is 57.1 Å². The summed E-state index contributed by atoms with van der Waals surface area (Å²) in [6.45, 7) is 0. The molecule has 0 amide bonds. The van der Waals surface area contributed by atoms with Crippen LogP contribution in [0.25, 0.3) is 17.3 Å². The first-order valence-corrected chi connectivity index (χ1v) is 10.1. The van der Waals surface area contributed by atoms with E-state index in [0.29, 0.717) is 31.8 Å². The molecule has 0 saturated carbocycles. The average molecular weight is 472 g/mol. The predicted molar refractivity (Wildman–Crippen MR) is 108 cm³/mol. The maximum absolute atomic E-state index is 12.9. The molecule has 10 heteroatoms. The van der Waals surface area contributed by atoms with Crippen molar-refractivity contribution >= 4 is 64.0 Å². The largest absolute Gasteiger partial charge is 1.00 e. The molecule has 0 N–H and O–H groups in total. The highest BCUT2D eigenvalue weighted by molar-refractivity contribution is 8.05. The molecule has 0 spiro atoms. The van der Waals surface area contributed by atoms with Gasteiger partial charge in [-0.25, -0.2) is 4.79 Å². The van der Waals surface area contributed by atoms with Crippen molar-refractivity contribution < 1.29 is 26.7 Å². The van der Waals surface area contributed by atoms with E-state index in [-0.39, 0.29) is 24.0 Å². The van der Waals surface area contributed by atoms with Gasteiger partial charge >= 0.3 is 10.2 Å². The van der Waals surface area contributed by atoms with Crippen molar-refractivity contribution in [3.8, 4) is 11.3 Å². The van der Waals surface area contributed by atoms with Crippen molar-refractivity contribution in [2.24, 2.45) is 0 Å². The summed E-state index contributed by atoms with van der Waals surface area (Å²) < 4.78 is 2.36. The normalized spacial score (nSPS) is 14.1. The van der Waals surface area contributed by atoms with Crippen molar-refractivity contribution in [3.63, 3.8) is 0 Å². The molecule has 0 unspecified atom stereocenters. The SMILES string of the molecule is O=C1/C(=C\c2ccc(Cl)cc2Cl)Sc2scc(-c3cccc([N+](=O)[O-])c3)[n+]21.[Cl-]. The van der Waals surface area contributed by atoms with E-state index < -0.39 is 4.92 Å². The van der Waals surface area contributed by atoms with Gasteiger partial charge in [-0.3, -0.25) is 10.1 Å². The minimum Gasteiger partial charge on any atom is -1.00 e. The predicted octanol–water partition coefficient (Wildman–Crippen LogP) is 2.71. The molecule has 1 aliphatic heterocycles. The van der Waals surface area contributed by atoms with Gasteiger partial charge in [0.05, 0.1) is 15.9 Å². The number of carbonyl (C=O) groups excluding carboxylic acids is 1. The molecular formula is C18H9Cl3N2O3S2. The number of nitro groups is 1. The van der Waals surface area contributed by atoms with Gasteiger partial charge in [0.25, 0.3) is 5.69 Å². The van der Waals surface area contributed by atoms with E-state index in [2.05, 4.69) is 0 Å². The molecule has 0 atom stereocenters. The zero-order chi connectivity index (χ0) is 19.1. The fourth-order valence-corrected chi connectivity index (χ4v) is 5.28. The maximum Gasteiger partial charge on any atom is 0.433 e. The van der Waals surface area contributed by atoms with Crippen LogP contribution in [0.2, 0.25) is 10.0 Å². The van der Waals surface area contributed by atoms with Crippen LogP contribution in [-0.4, -0.2) is 10.8 Å². The molecule has 142 valence electrons. The molecular weight excluding hydrogens is 463 g/mol. The molecule has 0 bridgehead atoms. The van der Waals surface area contributed by atoms with Gasteiger partial charge in [-0.1, -0.05) is 46.7 Å². The highest BCUT2D eigenvalue weighted by atomic mass is 35.5. The van der Waals surface area contributed by atoms with Crippen molar-refractivity contribution in [1.29, 1.82) is 0 Å². The van der Waals surface area contributed by atoms with Gasteiger partial charge in [-0.05, 0) is 29.8 Å². The van der Waals surface area contributed by atoms with Crippen molar-refractivity contribution in [2.75, 3.05) is 0 Å². The molecule has 4 rings (SSSR count). The topological polar surface area (TPSA) is 64.1 Å². The highest BCUT2D eigenvalue weighted by Gasteiger charge is 2.41. The third-order valence-electron chi connectivity index (χ3n) is 3.91. The summed E-state index contributed by atoms with van der Waals surface area (Å²) in [4.78, 5) is 24.0. The lowest BCUT2D eigenvalue weighted by Gasteiger charge is -1.99. The van der Waals surface area contributed by atoms with Gasteiger partial charge in [0.2, 0.25) is 5.69 Å². The summed E-state index contributed by atoms with van der Waals surface area (Å²) in [7, 11) is 0. The Bertz CT molecular complexity index is 1140. The maximum atomic E-state index is 12.9. The summed E-state index contributed by atoms with van der Waals surface area (Å²) in [6.07, 6.45) is 1.72. The number of nitro benzene ring substituents is 1. The molecule has 1 aromatic heterocycles. The number of carbonyl (C=O) groups is 1. The van der Waals surface area contributed by atoms with Crippen LogP contribution in [-0.2, 0) is 0 Å². The summed E-state index contributed by atoms with van der Waals surface area (Å²) in [5.74, 6) is -0.191. The van der Waals surface area contributed by atoms with Gasteiger partial charge in [0.15, 0.2) is 0 Å². The Labute approximate surface area is 184 Å². The molecule has 5 nitrogen and oxygen atoms in total. The fraction of sp³-hybridized carbons (Fsp3) is 0. The van der Waals surface area contributed by atoms with Crippen LogP contribution < -0.4 is 17.0 Å². The van der Waals surface area contributed by atoms with Gasteiger partial charge in [0.1, 0.15) is 4.91 Å². The number of hydrogen-bond acceptors (Lipinski definition) is 5. The smallest absolute Gasteiger partial charge is 0.433 e. The quantitative estimate of drug-likeness (QED) is 0.255. The number of thiazole rings is 1. The first-order chi connectivity index (χ1) is 12.9. The van der Waals surface area contributed by atoms with Crippen LogP contribution in [0.3, 0.4) is 0 Å².